The van der Waals surface area contributed by atoms with Crippen LogP contribution in [0.5, 0.6) is 0 Å². The topological polar surface area (TPSA) is 96.2 Å². The van der Waals surface area contributed by atoms with Crippen molar-refractivity contribution in [3.63, 3.8) is 0 Å². The Balaban J connectivity index is 1.31. The Morgan fingerprint density at radius 3 is 2.56 bits per heavy atom. The van der Waals surface area contributed by atoms with Crippen LogP contribution in [0.4, 0.5) is 19.4 Å². The number of anilines is 1. The minimum atomic E-state index is -0.771. The van der Waals surface area contributed by atoms with Crippen LogP contribution in [0.2, 0.25) is 0 Å². The Morgan fingerprint density at radius 1 is 1.12 bits per heavy atom. The molecule has 8 nitrogen and oxygen atoms in total. The van der Waals surface area contributed by atoms with Gasteiger partial charge in [0, 0.05) is 42.2 Å². The molecule has 180 valence electrons. The zero-order valence-electron chi connectivity index (χ0n) is 19.0. The monoisotopic (exact) mass is 470 g/mol. The highest BCUT2D eigenvalue weighted by Gasteiger charge is 2.41. The van der Waals surface area contributed by atoms with E-state index in [1.165, 1.54) is 0 Å². The van der Waals surface area contributed by atoms with Gasteiger partial charge >= 0.3 is 6.03 Å². The second-order valence-corrected chi connectivity index (χ2v) is 9.15. The lowest BCUT2D eigenvalue weighted by Crippen LogP contribution is -2.60. The maximum Gasteiger partial charge on any atom is 0.323 e. The van der Waals surface area contributed by atoms with Gasteiger partial charge in [0.1, 0.15) is 19.2 Å². The minimum absolute atomic E-state index is 0.0128. The molecule has 2 bridgehead atoms. The normalized spacial score (nSPS) is 22.4. The molecule has 2 fully saturated rings. The van der Waals surface area contributed by atoms with Crippen molar-refractivity contribution in [2.45, 2.75) is 63.2 Å². The molecule has 3 aromatic rings. The van der Waals surface area contributed by atoms with E-state index in [0.29, 0.717) is 35.8 Å². The Labute approximate surface area is 196 Å². The van der Waals surface area contributed by atoms with Gasteiger partial charge in [-0.3, -0.25) is 10.3 Å². The summed E-state index contributed by atoms with van der Waals surface area (Å²) in [5.41, 5.74) is 1.50. The van der Waals surface area contributed by atoms with E-state index >= 15 is 0 Å². The Hall–Kier alpha value is -3.14. The number of piperidine rings is 2. The lowest BCUT2D eigenvalue weighted by Gasteiger charge is -2.49. The van der Waals surface area contributed by atoms with Gasteiger partial charge in [0.25, 0.3) is 0 Å². The number of carbonyl (C=O) groups excluding carboxylic acids is 1. The van der Waals surface area contributed by atoms with Gasteiger partial charge in [0.2, 0.25) is 0 Å². The van der Waals surface area contributed by atoms with E-state index < -0.39 is 19.4 Å². The molecule has 3 aromatic heterocycles. The molecular formula is C24H28F2N6O2. The van der Waals surface area contributed by atoms with Crippen LogP contribution in [-0.2, 0) is 0 Å². The number of rotatable bonds is 6. The number of carbonyl (C=O) groups is 1. The van der Waals surface area contributed by atoms with E-state index in [2.05, 4.69) is 25.6 Å². The lowest BCUT2D eigenvalue weighted by atomic mass is 9.81. The SMILES string of the molecule is Cc1ncc(-c2cnc3cnc(NC(=O)N4C5CCC[C@H]4C[C@H](NC(CF)CF)C5)cc3c2)o1. The first-order valence-corrected chi connectivity index (χ1v) is 11.7. The molecule has 3 atom stereocenters. The molecular weight excluding hydrogens is 442 g/mol. The molecule has 2 aliphatic rings. The van der Waals surface area contributed by atoms with Gasteiger partial charge in [-0.1, -0.05) is 0 Å². The number of alkyl halides is 2. The highest BCUT2D eigenvalue weighted by molar-refractivity contribution is 5.92. The first-order chi connectivity index (χ1) is 16.5. The molecule has 2 N–H and O–H groups in total. The van der Waals surface area contributed by atoms with Gasteiger partial charge in [0.05, 0.1) is 24.0 Å². The molecule has 2 aliphatic heterocycles. The molecule has 0 saturated carbocycles. The van der Waals surface area contributed by atoms with Crippen molar-refractivity contribution in [2.75, 3.05) is 18.7 Å². The van der Waals surface area contributed by atoms with Crippen LogP contribution in [0.1, 0.15) is 38.0 Å². The Bertz CT molecular complexity index is 1150. The quantitative estimate of drug-likeness (QED) is 0.554. The maximum absolute atomic E-state index is 13.2. The van der Waals surface area contributed by atoms with Crippen molar-refractivity contribution in [1.29, 1.82) is 0 Å². The molecule has 5 rings (SSSR count). The van der Waals surface area contributed by atoms with E-state index in [1.54, 1.807) is 31.6 Å². The summed E-state index contributed by atoms with van der Waals surface area (Å²) >= 11 is 0. The number of hydrogen-bond acceptors (Lipinski definition) is 6. The van der Waals surface area contributed by atoms with Crippen molar-refractivity contribution < 1.29 is 18.0 Å². The first-order valence-electron chi connectivity index (χ1n) is 11.7. The lowest BCUT2D eigenvalue weighted by molar-refractivity contribution is 0.0565. The number of pyridine rings is 2. The molecule has 0 aromatic carbocycles. The summed E-state index contributed by atoms with van der Waals surface area (Å²) in [7, 11) is 0. The number of fused-ring (bicyclic) bond motifs is 3. The largest absolute Gasteiger partial charge is 0.441 e. The van der Waals surface area contributed by atoms with E-state index in [1.807, 2.05) is 11.0 Å². The predicted molar refractivity (Wildman–Crippen MR) is 124 cm³/mol. The highest BCUT2D eigenvalue weighted by Crippen LogP contribution is 2.35. The average Bonchev–Trinajstić information content (AvgIpc) is 3.27. The number of aromatic nitrogens is 3. The van der Waals surface area contributed by atoms with Crippen molar-refractivity contribution in [2.24, 2.45) is 0 Å². The molecule has 34 heavy (non-hydrogen) atoms. The molecule has 2 saturated heterocycles. The van der Waals surface area contributed by atoms with Crippen molar-refractivity contribution in [3.05, 3.63) is 36.6 Å². The molecule has 0 aliphatic carbocycles. The summed E-state index contributed by atoms with van der Waals surface area (Å²) in [6.07, 6.45) is 9.18. The van der Waals surface area contributed by atoms with E-state index in [9.17, 15) is 13.6 Å². The maximum atomic E-state index is 13.2. The second-order valence-electron chi connectivity index (χ2n) is 9.15. The summed E-state index contributed by atoms with van der Waals surface area (Å²) in [6, 6.07) is 2.84. The molecule has 0 spiro atoms. The first kappa shape index (κ1) is 22.6. The van der Waals surface area contributed by atoms with Gasteiger partial charge in [-0.25, -0.2) is 23.5 Å². The van der Waals surface area contributed by atoms with Gasteiger partial charge < -0.3 is 14.6 Å². The van der Waals surface area contributed by atoms with Gasteiger partial charge in [0.15, 0.2) is 11.7 Å². The molecule has 10 heteroatoms. The number of oxazole rings is 1. The Morgan fingerprint density at radius 2 is 1.88 bits per heavy atom. The fraction of sp³-hybridized carbons (Fsp3) is 0.500. The number of hydrogen-bond donors (Lipinski definition) is 2. The van der Waals surface area contributed by atoms with E-state index in [4.69, 9.17) is 4.42 Å². The van der Waals surface area contributed by atoms with Gasteiger partial charge in [-0.15, -0.1) is 0 Å². The average molecular weight is 471 g/mol. The number of aryl methyl sites for hydroxylation is 1. The summed E-state index contributed by atoms with van der Waals surface area (Å²) < 4.78 is 31.6. The fourth-order valence-corrected chi connectivity index (χ4v) is 5.22. The summed E-state index contributed by atoms with van der Waals surface area (Å²) in [6.45, 7) is 0.323. The van der Waals surface area contributed by atoms with Crippen LogP contribution in [0.3, 0.4) is 0 Å². The summed E-state index contributed by atoms with van der Waals surface area (Å²) in [5.74, 6) is 1.65. The third kappa shape index (κ3) is 4.59. The number of nitrogens with one attached hydrogen (secondary N) is 2. The zero-order valence-corrected chi connectivity index (χ0v) is 19.0. The number of urea groups is 1. The highest BCUT2D eigenvalue weighted by atomic mass is 19.1. The minimum Gasteiger partial charge on any atom is -0.441 e. The Kier molecular flexibility index (Phi) is 6.40. The van der Waals surface area contributed by atoms with Crippen molar-refractivity contribution in [3.8, 4) is 11.3 Å². The molecule has 1 unspecified atom stereocenters. The number of nitrogens with zero attached hydrogens (tertiary/aromatic N) is 4. The summed E-state index contributed by atoms with van der Waals surface area (Å²) in [4.78, 5) is 28.1. The predicted octanol–water partition coefficient (Wildman–Crippen LogP) is 4.41. The van der Waals surface area contributed by atoms with Crippen LogP contribution >= 0.6 is 0 Å². The van der Waals surface area contributed by atoms with Crippen molar-refractivity contribution >= 4 is 22.8 Å². The smallest absolute Gasteiger partial charge is 0.323 e. The van der Waals surface area contributed by atoms with Crippen molar-refractivity contribution in [1.82, 2.24) is 25.2 Å². The molecule has 0 radical (unpaired) electrons. The van der Waals surface area contributed by atoms with E-state index in [0.717, 1.165) is 30.2 Å². The summed E-state index contributed by atoms with van der Waals surface area (Å²) in [5, 5.41) is 6.86. The number of halogens is 2. The third-order valence-corrected chi connectivity index (χ3v) is 6.76. The van der Waals surface area contributed by atoms with Gasteiger partial charge in [-0.2, -0.15) is 0 Å². The third-order valence-electron chi connectivity index (χ3n) is 6.76. The van der Waals surface area contributed by atoms with Crippen LogP contribution in [0, 0.1) is 6.92 Å². The van der Waals surface area contributed by atoms with Crippen LogP contribution in [-0.4, -0.2) is 63.4 Å². The standard InChI is InChI=1S/C24H28F2N6O2/c1-14-27-13-22(34-14)16-5-15-6-23(29-12-21(15)28-11-16)31-24(33)32-19-3-2-4-20(32)8-17(7-19)30-18(9-25)10-26/h5-6,11-13,17-20,30H,2-4,7-10H2,1H3,(H,29,31,33)/t17-,19-,20?/m0/s1. The molecule has 5 heterocycles. The zero-order chi connectivity index (χ0) is 23.7. The number of amides is 2. The fourth-order valence-electron chi connectivity index (χ4n) is 5.22. The van der Waals surface area contributed by atoms with Crippen LogP contribution in [0.25, 0.3) is 22.2 Å². The van der Waals surface area contributed by atoms with Gasteiger partial charge in [-0.05, 0) is 44.2 Å². The molecule has 2 amide bonds. The van der Waals surface area contributed by atoms with Crippen LogP contribution < -0.4 is 10.6 Å². The van der Waals surface area contributed by atoms with Crippen LogP contribution in [0.15, 0.2) is 35.1 Å². The van der Waals surface area contributed by atoms with E-state index in [-0.39, 0.29) is 24.2 Å². The second kappa shape index (κ2) is 9.61.